The molecule has 1 N–H and O–H groups in total. The first kappa shape index (κ1) is 17.4. The summed E-state index contributed by atoms with van der Waals surface area (Å²) >= 11 is 0. The zero-order valence-corrected chi connectivity index (χ0v) is 15.9. The summed E-state index contributed by atoms with van der Waals surface area (Å²) in [5, 5.41) is 1.07. The van der Waals surface area contributed by atoms with Crippen molar-refractivity contribution in [2.24, 2.45) is 0 Å². The number of aryl methyl sites for hydroxylation is 2. The summed E-state index contributed by atoms with van der Waals surface area (Å²) in [7, 11) is 0. The van der Waals surface area contributed by atoms with Crippen molar-refractivity contribution in [2.75, 3.05) is 6.73 Å². The van der Waals surface area contributed by atoms with Gasteiger partial charge >= 0.3 is 5.63 Å². The fourth-order valence-corrected chi connectivity index (χ4v) is 4.62. The molecule has 0 fully saturated rings. The molecule has 3 aromatic rings. The molecule has 5 rings (SSSR count). The molecular weight excluding hydrogens is 357 g/mol. The van der Waals surface area contributed by atoms with Gasteiger partial charge in [-0.3, -0.25) is 4.90 Å². The highest BCUT2D eigenvalue weighted by Crippen LogP contribution is 2.36. The molecule has 2 heterocycles. The van der Waals surface area contributed by atoms with Gasteiger partial charge in [0.15, 0.2) is 0 Å². The van der Waals surface area contributed by atoms with Crippen LogP contribution in [0.15, 0.2) is 39.5 Å². The van der Waals surface area contributed by atoms with Crippen LogP contribution >= 0.6 is 0 Å². The molecule has 1 aliphatic carbocycles. The minimum absolute atomic E-state index is 0.190. The lowest BCUT2D eigenvalue weighted by molar-refractivity contribution is -0.945. The van der Waals surface area contributed by atoms with Gasteiger partial charge in [0.25, 0.3) is 0 Å². The van der Waals surface area contributed by atoms with Crippen molar-refractivity contribution in [3.8, 4) is 5.75 Å². The molecule has 144 valence electrons. The summed E-state index contributed by atoms with van der Waals surface area (Å²) in [4.78, 5) is 13.7. The predicted molar refractivity (Wildman–Crippen MR) is 104 cm³/mol. The molecule has 0 spiro atoms. The second-order valence-corrected chi connectivity index (χ2v) is 7.94. The fourth-order valence-electron chi connectivity index (χ4n) is 4.62. The predicted octanol–water partition coefficient (Wildman–Crippen LogP) is 3.05. The number of ether oxygens (including phenoxy) is 1. The third kappa shape index (κ3) is 2.90. The van der Waals surface area contributed by atoms with Crippen LogP contribution in [0.4, 0.5) is 4.39 Å². The first-order valence-corrected chi connectivity index (χ1v) is 9.92. The molecule has 28 heavy (non-hydrogen) atoms. The van der Waals surface area contributed by atoms with Crippen LogP contribution in [-0.4, -0.2) is 6.73 Å². The van der Waals surface area contributed by atoms with E-state index in [9.17, 15) is 9.18 Å². The second kappa shape index (κ2) is 6.74. The molecular formula is C23H23FNO3+. The molecule has 0 radical (unpaired) electrons. The van der Waals surface area contributed by atoms with Crippen LogP contribution in [0.3, 0.4) is 0 Å². The number of benzene rings is 2. The molecule has 0 bridgehead atoms. The summed E-state index contributed by atoms with van der Waals surface area (Å²) in [5.74, 6) is 0.626. The molecule has 1 aliphatic heterocycles. The van der Waals surface area contributed by atoms with Crippen molar-refractivity contribution in [3.63, 3.8) is 0 Å². The van der Waals surface area contributed by atoms with E-state index in [0.717, 1.165) is 77.7 Å². The number of halogens is 1. The van der Waals surface area contributed by atoms with Gasteiger partial charge in [0, 0.05) is 27.6 Å². The average molecular weight is 380 g/mol. The van der Waals surface area contributed by atoms with Crippen molar-refractivity contribution in [1.29, 1.82) is 0 Å². The van der Waals surface area contributed by atoms with E-state index >= 15 is 0 Å². The Labute approximate surface area is 162 Å². The highest BCUT2D eigenvalue weighted by molar-refractivity contribution is 5.87. The number of hydrogen-bond donors (Lipinski definition) is 1. The van der Waals surface area contributed by atoms with Gasteiger partial charge in [0.05, 0.1) is 0 Å². The highest BCUT2D eigenvalue weighted by Gasteiger charge is 2.27. The zero-order valence-electron chi connectivity index (χ0n) is 15.9. The van der Waals surface area contributed by atoms with Crippen LogP contribution < -0.4 is 15.3 Å². The van der Waals surface area contributed by atoms with Crippen LogP contribution in [0.5, 0.6) is 5.75 Å². The number of rotatable bonds is 2. The van der Waals surface area contributed by atoms with Crippen molar-refractivity contribution >= 4 is 11.0 Å². The first-order valence-electron chi connectivity index (χ1n) is 9.92. The molecule has 5 heteroatoms. The Balaban J connectivity index is 1.54. The Kier molecular flexibility index (Phi) is 4.20. The van der Waals surface area contributed by atoms with E-state index in [2.05, 4.69) is 6.07 Å². The number of fused-ring (bicyclic) bond motifs is 4. The Morgan fingerprint density at radius 2 is 1.86 bits per heavy atom. The smallest absolute Gasteiger partial charge is 0.339 e. The molecule has 0 amide bonds. The monoisotopic (exact) mass is 380 g/mol. The van der Waals surface area contributed by atoms with Gasteiger partial charge < -0.3 is 9.15 Å². The lowest BCUT2D eigenvalue weighted by Crippen LogP contribution is -3.10. The van der Waals surface area contributed by atoms with Gasteiger partial charge in [0.1, 0.15) is 30.2 Å². The van der Waals surface area contributed by atoms with Gasteiger partial charge in [-0.15, -0.1) is 0 Å². The van der Waals surface area contributed by atoms with Crippen LogP contribution in [0, 0.1) is 12.7 Å². The standard InChI is InChI=1S/C23H22FNO3/c1-14-21-16(12-25(13-27-21)11-15-6-8-17(24)9-7-15)10-20-18-4-2-3-5-19(18)23(26)28-22(14)20/h6-10H,2-5,11-13H2,1H3/p+1. The van der Waals surface area contributed by atoms with Gasteiger partial charge in [0.2, 0.25) is 6.73 Å². The Bertz CT molecular complexity index is 1120. The summed E-state index contributed by atoms with van der Waals surface area (Å²) in [6.07, 6.45) is 3.90. The normalized spacial score (nSPS) is 18.4. The molecule has 4 nitrogen and oxygen atoms in total. The maximum atomic E-state index is 13.2. The average Bonchev–Trinajstić information content (AvgIpc) is 2.71. The lowest BCUT2D eigenvalue weighted by atomic mass is 9.89. The largest absolute Gasteiger partial charge is 0.444 e. The Hall–Kier alpha value is -2.66. The molecule has 2 aliphatic rings. The molecule has 2 aromatic carbocycles. The van der Waals surface area contributed by atoms with Gasteiger partial charge in [-0.25, -0.2) is 9.18 Å². The second-order valence-electron chi connectivity index (χ2n) is 7.94. The van der Waals surface area contributed by atoms with Gasteiger partial charge in [-0.2, -0.15) is 0 Å². The molecule has 0 saturated carbocycles. The van der Waals surface area contributed by atoms with Gasteiger partial charge in [-0.1, -0.05) is 12.1 Å². The molecule has 1 atom stereocenters. The van der Waals surface area contributed by atoms with Crippen molar-refractivity contribution in [2.45, 2.75) is 45.7 Å². The van der Waals surface area contributed by atoms with E-state index in [4.69, 9.17) is 9.15 Å². The number of quaternary nitrogens is 1. The van der Waals surface area contributed by atoms with Crippen LogP contribution in [-0.2, 0) is 25.9 Å². The van der Waals surface area contributed by atoms with E-state index < -0.39 is 0 Å². The quantitative estimate of drug-likeness (QED) is 0.695. The highest BCUT2D eigenvalue weighted by atomic mass is 19.1. The molecule has 1 unspecified atom stereocenters. The third-order valence-corrected chi connectivity index (χ3v) is 6.00. The third-order valence-electron chi connectivity index (χ3n) is 6.00. The Morgan fingerprint density at radius 3 is 2.64 bits per heavy atom. The Morgan fingerprint density at radius 1 is 1.11 bits per heavy atom. The van der Waals surface area contributed by atoms with E-state index in [1.807, 2.05) is 19.1 Å². The van der Waals surface area contributed by atoms with E-state index in [1.165, 1.54) is 17.0 Å². The van der Waals surface area contributed by atoms with E-state index in [1.54, 1.807) is 0 Å². The van der Waals surface area contributed by atoms with Crippen molar-refractivity contribution in [1.82, 2.24) is 0 Å². The number of hydrogen-bond acceptors (Lipinski definition) is 3. The SMILES string of the molecule is Cc1c2c(cc3c4c(c(=O)oc13)CCCC4)C[NH+](Cc1ccc(F)cc1)CO2. The van der Waals surface area contributed by atoms with Crippen molar-refractivity contribution < 1.29 is 18.4 Å². The fraction of sp³-hybridized carbons (Fsp3) is 0.348. The summed E-state index contributed by atoms with van der Waals surface area (Å²) in [6, 6.07) is 8.82. The van der Waals surface area contributed by atoms with Gasteiger partial charge in [-0.05, 0) is 56.4 Å². The van der Waals surface area contributed by atoms with E-state index in [0.29, 0.717) is 12.3 Å². The first-order chi connectivity index (χ1) is 13.6. The van der Waals surface area contributed by atoms with E-state index in [-0.39, 0.29) is 11.4 Å². The van der Waals surface area contributed by atoms with Crippen LogP contribution in [0.2, 0.25) is 0 Å². The summed E-state index contributed by atoms with van der Waals surface area (Å²) in [5.41, 5.74) is 5.65. The maximum absolute atomic E-state index is 13.2. The summed E-state index contributed by atoms with van der Waals surface area (Å²) in [6.45, 7) is 4.12. The van der Waals surface area contributed by atoms with Crippen LogP contribution in [0.1, 0.15) is 40.7 Å². The maximum Gasteiger partial charge on any atom is 0.339 e. The lowest BCUT2D eigenvalue weighted by Gasteiger charge is -2.28. The molecule has 1 aromatic heterocycles. The topological polar surface area (TPSA) is 43.9 Å². The summed E-state index contributed by atoms with van der Waals surface area (Å²) < 4.78 is 25.0. The molecule has 0 saturated heterocycles. The van der Waals surface area contributed by atoms with Crippen LogP contribution in [0.25, 0.3) is 11.0 Å². The zero-order chi connectivity index (χ0) is 19.3. The minimum atomic E-state index is -0.215. The van der Waals surface area contributed by atoms with Crippen molar-refractivity contribution in [3.05, 3.63) is 74.4 Å². The minimum Gasteiger partial charge on any atom is -0.444 e. The number of nitrogens with one attached hydrogen (secondary N) is 1.